The lowest BCUT2D eigenvalue weighted by Crippen LogP contribution is -2.28. The fourth-order valence-electron chi connectivity index (χ4n) is 6.11. The summed E-state index contributed by atoms with van der Waals surface area (Å²) < 4.78 is 11.5. The van der Waals surface area contributed by atoms with Gasteiger partial charge in [-0.25, -0.2) is 0 Å². The van der Waals surface area contributed by atoms with Crippen LogP contribution in [-0.4, -0.2) is 48.2 Å². The SMILES string of the molecule is Cc1cc(N)c(OC(C)C)cc1C1CCNCC1.Cc1cc([N+](=O)[O-])c(OC(C)C)cc1C1=CCN(Cc2ccccc2)CC1. The van der Waals surface area contributed by atoms with Gasteiger partial charge in [-0.3, -0.25) is 15.0 Å². The number of hydrogen-bond acceptors (Lipinski definition) is 7. The Bertz CT molecular complexity index is 1460. The maximum absolute atomic E-state index is 11.4. The molecule has 2 aliphatic heterocycles. The predicted octanol–water partition coefficient (Wildman–Crippen LogP) is 7.81. The molecule has 8 nitrogen and oxygen atoms in total. The highest BCUT2D eigenvalue weighted by atomic mass is 16.6. The minimum Gasteiger partial charge on any atom is -0.489 e. The smallest absolute Gasteiger partial charge is 0.311 e. The van der Waals surface area contributed by atoms with E-state index in [1.807, 2.05) is 46.8 Å². The molecule has 0 bridgehead atoms. The van der Waals surface area contributed by atoms with Crippen LogP contribution in [0.3, 0.4) is 0 Å². The Hall–Kier alpha value is -3.88. The quantitative estimate of drug-likeness (QED) is 0.144. The lowest BCUT2D eigenvalue weighted by Gasteiger charge is -2.27. The summed E-state index contributed by atoms with van der Waals surface area (Å²) in [6.45, 7) is 16.9. The van der Waals surface area contributed by atoms with E-state index >= 15 is 0 Å². The van der Waals surface area contributed by atoms with Gasteiger partial charge in [-0.15, -0.1) is 0 Å². The van der Waals surface area contributed by atoms with Gasteiger partial charge in [0.2, 0.25) is 0 Å². The molecule has 0 saturated carbocycles. The molecule has 2 heterocycles. The Labute approximate surface area is 268 Å². The number of aryl methyl sites for hydroxylation is 2. The van der Waals surface area contributed by atoms with Crippen LogP contribution in [0.5, 0.6) is 11.5 Å². The lowest BCUT2D eigenvalue weighted by atomic mass is 9.87. The van der Waals surface area contributed by atoms with Gasteiger partial charge in [0.15, 0.2) is 5.75 Å². The van der Waals surface area contributed by atoms with Crippen LogP contribution in [0.2, 0.25) is 0 Å². The first-order chi connectivity index (χ1) is 21.5. The maximum Gasteiger partial charge on any atom is 0.311 e. The zero-order valence-corrected chi connectivity index (χ0v) is 27.8. The number of nitro benzene ring substituents is 1. The largest absolute Gasteiger partial charge is 0.489 e. The van der Waals surface area contributed by atoms with Crippen LogP contribution in [0.4, 0.5) is 11.4 Å². The summed E-state index contributed by atoms with van der Waals surface area (Å²) in [4.78, 5) is 13.4. The Morgan fingerprint density at radius 1 is 0.956 bits per heavy atom. The Balaban J connectivity index is 0.000000222. The fourth-order valence-corrected chi connectivity index (χ4v) is 6.11. The summed E-state index contributed by atoms with van der Waals surface area (Å²) in [7, 11) is 0. The third-order valence-corrected chi connectivity index (χ3v) is 8.29. The second-order valence-electron chi connectivity index (χ2n) is 12.7. The average molecular weight is 615 g/mol. The van der Waals surface area contributed by atoms with Gasteiger partial charge >= 0.3 is 5.69 Å². The molecule has 0 atom stereocenters. The molecule has 0 aromatic heterocycles. The molecule has 1 saturated heterocycles. The third-order valence-electron chi connectivity index (χ3n) is 8.29. The number of nitro groups is 1. The molecule has 0 radical (unpaired) electrons. The van der Waals surface area contributed by atoms with Crippen molar-refractivity contribution in [2.75, 3.05) is 31.9 Å². The molecule has 242 valence electrons. The van der Waals surface area contributed by atoms with Crippen molar-refractivity contribution in [1.82, 2.24) is 10.2 Å². The molecule has 2 aliphatic rings. The summed E-state index contributed by atoms with van der Waals surface area (Å²) in [5, 5.41) is 14.8. The molecule has 3 N–H and O–H groups in total. The van der Waals surface area contributed by atoms with Crippen LogP contribution in [0.15, 0.2) is 60.7 Å². The Morgan fingerprint density at radius 3 is 2.22 bits per heavy atom. The second kappa shape index (κ2) is 15.9. The van der Waals surface area contributed by atoms with Crippen molar-refractivity contribution in [2.45, 2.75) is 85.5 Å². The van der Waals surface area contributed by atoms with Crippen molar-refractivity contribution < 1.29 is 14.4 Å². The van der Waals surface area contributed by atoms with Crippen LogP contribution >= 0.6 is 0 Å². The summed E-state index contributed by atoms with van der Waals surface area (Å²) in [6.07, 6.45) is 5.61. The molecule has 3 aromatic rings. The molecular weight excluding hydrogens is 564 g/mol. The minimum atomic E-state index is -0.370. The molecule has 3 aromatic carbocycles. The van der Waals surface area contributed by atoms with Crippen molar-refractivity contribution in [3.63, 3.8) is 0 Å². The van der Waals surface area contributed by atoms with E-state index in [1.54, 1.807) is 6.07 Å². The van der Waals surface area contributed by atoms with Crippen LogP contribution in [-0.2, 0) is 6.54 Å². The van der Waals surface area contributed by atoms with E-state index in [0.717, 1.165) is 61.7 Å². The number of rotatable bonds is 9. The molecule has 45 heavy (non-hydrogen) atoms. The number of anilines is 1. The monoisotopic (exact) mass is 614 g/mol. The highest BCUT2D eigenvalue weighted by Crippen LogP contribution is 2.36. The average Bonchev–Trinajstić information content (AvgIpc) is 3.00. The Morgan fingerprint density at radius 2 is 1.62 bits per heavy atom. The molecular formula is C37H50N4O4. The van der Waals surface area contributed by atoms with E-state index in [2.05, 4.69) is 59.6 Å². The van der Waals surface area contributed by atoms with E-state index in [1.165, 1.54) is 35.1 Å². The topological polar surface area (TPSA) is 103 Å². The second-order valence-corrected chi connectivity index (χ2v) is 12.7. The van der Waals surface area contributed by atoms with E-state index in [4.69, 9.17) is 15.2 Å². The van der Waals surface area contributed by atoms with Gasteiger partial charge < -0.3 is 20.5 Å². The molecule has 8 heteroatoms. The first-order valence-electron chi connectivity index (χ1n) is 16.2. The van der Waals surface area contributed by atoms with Crippen LogP contribution in [0, 0.1) is 24.0 Å². The highest BCUT2D eigenvalue weighted by Gasteiger charge is 2.22. The van der Waals surface area contributed by atoms with Gasteiger partial charge in [-0.05, 0) is 131 Å². The van der Waals surface area contributed by atoms with Gasteiger partial charge in [0.1, 0.15) is 5.75 Å². The first kappa shape index (κ1) is 34.0. The van der Waals surface area contributed by atoms with Gasteiger partial charge in [0.05, 0.1) is 22.8 Å². The number of piperidine rings is 1. The minimum absolute atomic E-state index is 0.0343. The van der Waals surface area contributed by atoms with Crippen molar-refractivity contribution in [3.8, 4) is 11.5 Å². The maximum atomic E-state index is 11.4. The van der Waals surface area contributed by atoms with Crippen molar-refractivity contribution in [1.29, 1.82) is 0 Å². The van der Waals surface area contributed by atoms with E-state index in [0.29, 0.717) is 11.7 Å². The molecule has 0 spiro atoms. The van der Waals surface area contributed by atoms with Crippen molar-refractivity contribution in [2.24, 2.45) is 0 Å². The summed E-state index contributed by atoms with van der Waals surface area (Å²) in [6, 6.07) is 18.1. The lowest BCUT2D eigenvalue weighted by molar-refractivity contribution is -0.386. The summed E-state index contributed by atoms with van der Waals surface area (Å²) >= 11 is 0. The molecule has 1 fully saturated rings. The third kappa shape index (κ3) is 9.55. The van der Waals surface area contributed by atoms with Gasteiger partial charge in [0, 0.05) is 25.7 Å². The predicted molar refractivity (Wildman–Crippen MR) is 184 cm³/mol. The Kier molecular flexibility index (Phi) is 12.0. The van der Waals surface area contributed by atoms with Crippen molar-refractivity contribution in [3.05, 3.63) is 98.6 Å². The number of ether oxygens (including phenoxy) is 2. The van der Waals surface area contributed by atoms with Gasteiger partial charge in [0.25, 0.3) is 0 Å². The molecule has 0 amide bonds. The zero-order chi connectivity index (χ0) is 32.5. The zero-order valence-electron chi connectivity index (χ0n) is 27.8. The van der Waals surface area contributed by atoms with Gasteiger partial charge in [-0.2, -0.15) is 0 Å². The molecule has 5 rings (SSSR count). The highest BCUT2D eigenvalue weighted by molar-refractivity contribution is 5.72. The summed E-state index contributed by atoms with van der Waals surface area (Å²) in [5.74, 6) is 1.83. The number of nitrogens with zero attached hydrogens (tertiary/aromatic N) is 2. The van der Waals surface area contributed by atoms with Crippen molar-refractivity contribution >= 4 is 16.9 Å². The normalized spacial score (nSPS) is 15.8. The summed E-state index contributed by atoms with van der Waals surface area (Å²) in [5.41, 5.74) is 14.0. The first-order valence-corrected chi connectivity index (χ1v) is 16.2. The number of nitrogens with one attached hydrogen (secondary N) is 1. The van der Waals surface area contributed by atoms with Crippen LogP contribution in [0.25, 0.3) is 5.57 Å². The number of nitrogens with two attached hydrogens (primary N) is 1. The number of benzene rings is 3. The van der Waals surface area contributed by atoms with E-state index in [9.17, 15) is 10.1 Å². The van der Waals surface area contributed by atoms with Crippen LogP contribution in [0.1, 0.15) is 80.7 Å². The molecule has 0 unspecified atom stereocenters. The molecule has 0 aliphatic carbocycles. The van der Waals surface area contributed by atoms with E-state index in [-0.39, 0.29) is 22.8 Å². The number of nitrogen functional groups attached to an aromatic ring is 1. The number of hydrogen-bond donors (Lipinski definition) is 2. The standard InChI is InChI=1S/C22H26N2O3.C15H24N2O/c1-16(2)27-22-14-20(17(3)13-21(22)24(25)26)19-9-11-23(12-10-19)15-18-7-5-4-6-8-18;1-10(2)18-15-9-13(11(3)8-14(15)16)12-4-6-17-7-5-12/h4-9,13-14,16H,10-12,15H2,1-3H3;8-10,12,17H,4-7,16H2,1-3H3. The van der Waals surface area contributed by atoms with E-state index < -0.39 is 0 Å². The fraction of sp³-hybridized carbons (Fsp3) is 0.459. The van der Waals surface area contributed by atoms with Gasteiger partial charge in [-0.1, -0.05) is 36.4 Å². The van der Waals surface area contributed by atoms with Crippen LogP contribution < -0.4 is 20.5 Å².